The van der Waals surface area contributed by atoms with E-state index in [2.05, 4.69) is 28.2 Å². The van der Waals surface area contributed by atoms with Crippen LogP contribution in [-0.2, 0) is 4.79 Å². The first kappa shape index (κ1) is 14.0. The molecule has 1 aromatic carbocycles. The van der Waals surface area contributed by atoms with E-state index >= 15 is 0 Å². The Morgan fingerprint density at radius 3 is 2.82 bits per heavy atom. The van der Waals surface area contributed by atoms with Crippen molar-refractivity contribution in [2.45, 2.75) is 39.2 Å². The van der Waals surface area contributed by atoms with Gasteiger partial charge in [-0.2, -0.15) is 0 Å². The van der Waals surface area contributed by atoms with Gasteiger partial charge in [0, 0.05) is 10.2 Å². The molecule has 1 atom stereocenters. The van der Waals surface area contributed by atoms with Crippen molar-refractivity contribution in [2.75, 3.05) is 5.32 Å². The lowest BCUT2D eigenvalue weighted by molar-refractivity contribution is -0.138. The molecule has 1 unspecified atom stereocenters. The van der Waals surface area contributed by atoms with Crippen LogP contribution in [-0.4, -0.2) is 17.1 Å². The zero-order valence-corrected chi connectivity index (χ0v) is 11.8. The summed E-state index contributed by atoms with van der Waals surface area (Å²) in [6, 6.07) is 5.31. The van der Waals surface area contributed by atoms with E-state index in [0.29, 0.717) is 6.42 Å². The molecule has 0 fully saturated rings. The second-order valence-electron chi connectivity index (χ2n) is 4.14. The van der Waals surface area contributed by atoms with Gasteiger partial charge in [-0.25, -0.2) is 4.79 Å². The normalized spacial score (nSPS) is 12.2. The van der Waals surface area contributed by atoms with Crippen molar-refractivity contribution in [3.05, 3.63) is 28.2 Å². The summed E-state index contributed by atoms with van der Waals surface area (Å²) in [4.78, 5) is 11.1. The van der Waals surface area contributed by atoms with Gasteiger partial charge in [-0.3, -0.25) is 0 Å². The summed E-state index contributed by atoms with van der Waals surface area (Å²) in [5.74, 6) is -0.794. The number of carbonyl (C=O) groups is 1. The maximum absolute atomic E-state index is 11.1. The zero-order valence-electron chi connectivity index (χ0n) is 10.2. The molecule has 1 aromatic rings. The number of rotatable bonds is 6. The number of carboxylic acids is 1. The second kappa shape index (κ2) is 6.64. The largest absolute Gasteiger partial charge is 0.480 e. The van der Waals surface area contributed by atoms with E-state index in [0.717, 1.165) is 28.6 Å². The monoisotopic (exact) mass is 299 g/mol. The molecule has 0 aliphatic rings. The molecule has 94 valence electrons. The standard InChI is InChI=1S/C13H18BrNO2/c1-3-4-5-11(13(16)17)15-12-8-10(14)7-6-9(12)2/h6-8,11,15H,3-5H2,1-2H3,(H,16,17). The molecule has 0 radical (unpaired) electrons. The van der Waals surface area contributed by atoms with Crippen molar-refractivity contribution in [2.24, 2.45) is 0 Å². The number of nitrogens with one attached hydrogen (secondary N) is 1. The third kappa shape index (κ3) is 4.38. The highest BCUT2D eigenvalue weighted by Crippen LogP contribution is 2.22. The Kier molecular flexibility index (Phi) is 5.48. The molecule has 0 spiro atoms. The average molecular weight is 300 g/mol. The molecule has 3 nitrogen and oxygen atoms in total. The topological polar surface area (TPSA) is 49.3 Å². The van der Waals surface area contributed by atoms with Crippen LogP contribution in [0.25, 0.3) is 0 Å². The Labute approximate surface area is 110 Å². The van der Waals surface area contributed by atoms with Crippen LogP contribution >= 0.6 is 15.9 Å². The Morgan fingerprint density at radius 2 is 2.24 bits per heavy atom. The van der Waals surface area contributed by atoms with E-state index in [1.165, 1.54) is 0 Å². The van der Waals surface area contributed by atoms with Crippen molar-refractivity contribution in [1.82, 2.24) is 0 Å². The van der Waals surface area contributed by atoms with Crippen LogP contribution in [0, 0.1) is 6.92 Å². The summed E-state index contributed by atoms with van der Waals surface area (Å²) < 4.78 is 0.949. The third-order valence-corrected chi connectivity index (χ3v) is 3.17. The van der Waals surface area contributed by atoms with Gasteiger partial charge < -0.3 is 10.4 Å². The Morgan fingerprint density at radius 1 is 1.53 bits per heavy atom. The van der Waals surface area contributed by atoms with Crippen LogP contribution < -0.4 is 5.32 Å². The van der Waals surface area contributed by atoms with Crippen molar-refractivity contribution >= 4 is 27.6 Å². The molecular formula is C13H18BrNO2. The number of carboxylic acid groups (broad SMARTS) is 1. The van der Waals surface area contributed by atoms with E-state index < -0.39 is 12.0 Å². The molecule has 0 saturated heterocycles. The summed E-state index contributed by atoms with van der Waals surface area (Å²) in [6.07, 6.45) is 2.57. The number of unbranched alkanes of at least 4 members (excludes halogenated alkanes) is 1. The molecule has 4 heteroatoms. The van der Waals surface area contributed by atoms with Crippen LogP contribution in [0.15, 0.2) is 22.7 Å². The second-order valence-corrected chi connectivity index (χ2v) is 5.05. The van der Waals surface area contributed by atoms with Crippen molar-refractivity contribution < 1.29 is 9.90 Å². The van der Waals surface area contributed by atoms with Gasteiger partial charge >= 0.3 is 5.97 Å². The summed E-state index contributed by atoms with van der Waals surface area (Å²) in [5.41, 5.74) is 1.93. The van der Waals surface area contributed by atoms with Gasteiger partial charge in [-0.05, 0) is 31.0 Å². The highest BCUT2D eigenvalue weighted by atomic mass is 79.9. The maximum Gasteiger partial charge on any atom is 0.326 e. The van der Waals surface area contributed by atoms with E-state index in [-0.39, 0.29) is 0 Å². The third-order valence-electron chi connectivity index (χ3n) is 2.67. The fourth-order valence-corrected chi connectivity index (χ4v) is 1.96. The average Bonchev–Trinajstić information content (AvgIpc) is 2.28. The van der Waals surface area contributed by atoms with Gasteiger partial charge in [0.05, 0.1) is 0 Å². The lowest BCUT2D eigenvalue weighted by Crippen LogP contribution is -2.29. The smallest absolute Gasteiger partial charge is 0.326 e. The number of anilines is 1. The van der Waals surface area contributed by atoms with Crippen LogP contribution in [0.2, 0.25) is 0 Å². The minimum atomic E-state index is -0.794. The molecule has 0 aromatic heterocycles. The Bertz CT molecular complexity index is 393. The highest BCUT2D eigenvalue weighted by Gasteiger charge is 2.17. The molecule has 0 heterocycles. The fourth-order valence-electron chi connectivity index (χ4n) is 1.60. The van der Waals surface area contributed by atoms with Gasteiger partial charge in [0.15, 0.2) is 0 Å². The zero-order chi connectivity index (χ0) is 12.8. The fraction of sp³-hybridized carbons (Fsp3) is 0.462. The van der Waals surface area contributed by atoms with Crippen LogP contribution in [0.3, 0.4) is 0 Å². The van der Waals surface area contributed by atoms with Crippen LogP contribution in [0.4, 0.5) is 5.69 Å². The molecule has 0 amide bonds. The molecular weight excluding hydrogens is 282 g/mol. The number of aliphatic carboxylic acids is 1. The van der Waals surface area contributed by atoms with Crippen LogP contribution in [0.5, 0.6) is 0 Å². The molecule has 0 bridgehead atoms. The predicted octanol–water partition coefficient (Wildman–Crippen LogP) is 3.81. The van der Waals surface area contributed by atoms with Gasteiger partial charge in [-0.15, -0.1) is 0 Å². The number of hydrogen-bond donors (Lipinski definition) is 2. The van der Waals surface area contributed by atoms with Gasteiger partial charge in [-0.1, -0.05) is 41.8 Å². The van der Waals surface area contributed by atoms with Crippen molar-refractivity contribution in [3.8, 4) is 0 Å². The molecule has 2 N–H and O–H groups in total. The molecule has 0 aliphatic carbocycles. The predicted molar refractivity (Wildman–Crippen MR) is 73.5 cm³/mol. The molecule has 0 aliphatic heterocycles. The number of hydrogen-bond acceptors (Lipinski definition) is 2. The summed E-state index contributed by atoms with van der Waals surface area (Å²) in [7, 11) is 0. The quantitative estimate of drug-likeness (QED) is 0.840. The van der Waals surface area contributed by atoms with E-state index in [1.54, 1.807) is 0 Å². The maximum atomic E-state index is 11.1. The Hall–Kier alpha value is -1.03. The minimum absolute atomic E-state index is 0.511. The first-order chi connectivity index (χ1) is 8.04. The van der Waals surface area contributed by atoms with Crippen molar-refractivity contribution in [1.29, 1.82) is 0 Å². The van der Waals surface area contributed by atoms with E-state index in [9.17, 15) is 4.79 Å². The lowest BCUT2D eigenvalue weighted by atomic mass is 10.1. The van der Waals surface area contributed by atoms with Gasteiger partial charge in [0.1, 0.15) is 6.04 Å². The Balaban J connectivity index is 2.78. The summed E-state index contributed by atoms with van der Waals surface area (Å²) in [5, 5.41) is 12.2. The summed E-state index contributed by atoms with van der Waals surface area (Å²) >= 11 is 3.39. The molecule has 1 rings (SSSR count). The highest BCUT2D eigenvalue weighted by molar-refractivity contribution is 9.10. The van der Waals surface area contributed by atoms with Gasteiger partial charge in [0.25, 0.3) is 0 Å². The van der Waals surface area contributed by atoms with Crippen LogP contribution in [0.1, 0.15) is 31.7 Å². The van der Waals surface area contributed by atoms with Crippen molar-refractivity contribution in [3.63, 3.8) is 0 Å². The molecule has 17 heavy (non-hydrogen) atoms. The first-order valence-electron chi connectivity index (χ1n) is 5.80. The SMILES string of the molecule is CCCCC(Nc1cc(Br)ccc1C)C(=O)O. The first-order valence-corrected chi connectivity index (χ1v) is 6.59. The number of benzene rings is 1. The minimum Gasteiger partial charge on any atom is -0.480 e. The molecule has 0 saturated carbocycles. The van der Waals surface area contributed by atoms with Gasteiger partial charge in [0.2, 0.25) is 0 Å². The van der Waals surface area contributed by atoms with E-state index in [4.69, 9.17) is 5.11 Å². The van der Waals surface area contributed by atoms with E-state index in [1.807, 2.05) is 25.1 Å². The summed E-state index contributed by atoms with van der Waals surface area (Å²) in [6.45, 7) is 4.02. The number of halogens is 1. The number of aryl methyl sites for hydroxylation is 1. The lowest BCUT2D eigenvalue weighted by Gasteiger charge is -2.17.